The van der Waals surface area contributed by atoms with Crippen LogP contribution in [0.2, 0.25) is 0 Å². The van der Waals surface area contributed by atoms with Gasteiger partial charge in [0.05, 0.1) is 18.0 Å². The molecule has 0 bridgehead atoms. The Bertz CT molecular complexity index is 505. The van der Waals surface area contributed by atoms with E-state index < -0.39 is 22.8 Å². The Morgan fingerprint density at radius 3 is 2.47 bits per heavy atom. The summed E-state index contributed by atoms with van der Waals surface area (Å²) in [6.07, 6.45) is -4.42. The number of sulfonamides is 1. The molecule has 1 heterocycles. The number of aromatic amines is 1. The van der Waals surface area contributed by atoms with E-state index in [1.807, 2.05) is 0 Å². The quantitative estimate of drug-likeness (QED) is 0.764. The molecule has 10 heteroatoms. The van der Waals surface area contributed by atoms with Gasteiger partial charge in [0.25, 0.3) is 0 Å². The summed E-state index contributed by atoms with van der Waals surface area (Å²) in [5, 5.41) is 6.25. The zero-order chi connectivity index (χ0) is 14.7. The molecule has 19 heavy (non-hydrogen) atoms. The summed E-state index contributed by atoms with van der Waals surface area (Å²) in [6.45, 7) is 1.03. The summed E-state index contributed by atoms with van der Waals surface area (Å²) >= 11 is 0. The standard InChI is InChI=1S/C9H14F3N3O3S/c1-6-8(7(2)15-14-6)19(16,17)13-3-4-18-5-9(10,11)12/h13H,3-5H2,1-2H3,(H,14,15). The van der Waals surface area contributed by atoms with Crippen molar-refractivity contribution in [3.05, 3.63) is 11.4 Å². The first-order chi connectivity index (χ1) is 8.63. The van der Waals surface area contributed by atoms with Crippen molar-refractivity contribution >= 4 is 10.0 Å². The first-order valence-corrected chi connectivity index (χ1v) is 6.77. The molecule has 0 fully saturated rings. The lowest BCUT2D eigenvalue weighted by molar-refractivity contribution is -0.173. The maximum Gasteiger partial charge on any atom is 0.411 e. The molecule has 1 aromatic heterocycles. The van der Waals surface area contributed by atoms with Crippen molar-refractivity contribution < 1.29 is 26.3 Å². The maximum atomic E-state index is 11.8. The Morgan fingerprint density at radius 2 is 2.00 bits per heavy atom. The van der Waals surface area contributed by atoms with Gasteiger partial charge in [0.1, 0.15) is 11.5 Å². The lowest BCUT2D eigenvalue weighted by Gasteiger charge is -2.09. The smallest absolute Gasteiger partial charge is 0.371 e. The van der Waals surface area contributed by atoms with Crippen LogP contribution in [0.15, 0.2) is 4.90 Å². The van der Waals surface area contributed by atoms with Crippen LogP contribution in [-0.4, -0.2) is 44.5 Å². The molecule has 0 aliphatic rings. The zero-order valence-corrected chi connectivity index (χ0v) is 11.2. The molecule has 110 valence electrons. The van der Waals surface area contributed by atoms with E-state index in [0.717, 1.165) is 0 Å². The summed E-state index contributed by atoms with van der Waals surface area (Å²) in [6, 6.07) is 0. The molecule has 6 nitrogen and oxygen atoms in total. The van der Waals surface area contributed by atoms with E-state index >= 15 is 0 Å². The topological polar surface area (TPSA) is 84.1 Å². The predicted octanol–water partition coefficient (Wildman–Crippen LogP) is 0.884. The molecule has 1 rings (SSSR count). The van der Waals surface area contributed by atoms with Crippen LogP contribution in [0.25, 0.3) is 0 Å². The Hall–Kier alpha value is -1.13. The number of nitrogens with one attached hydrogen (secondary N) is 2. The van der Waals surface area contributed by atoms with Gasteiger partial charge in [0, 0.05) is 6.54 Å². The van der Waals surface area contributed by atoms with Gasteiger partial charge in [-0.1, -0.05) is 0 Å². The first-order valence-electron chi connectivity index (χ1n) is 5.29. The number of ether oxygens (including phenoxy) is 1. The molecule has 0 spiro atoms. The van der Waals surface area contributed by atoms with Crippen LogP contribution in [-0.2, 0) is 14.8 Å². The molecular weight excluding hydrogens is 287 g/mol. The number of alkyl halides is 3. The number of nitrogens with zero attached hydrogens (tertiary/aromatic N) is 1. The summed E-state index contributed by atoms with van der Waals surface area (Å²) < 4.78 is 65.4. The summed E-state index contributed by atoms with van der Waals surface area (Å²) in [5.74, 6) is 0. The average Bonchev–Trinajstić information content (AvgIpc) is 2.56. The highest BCUT2D eigenvalue weighted by atomic mass is 32.2. The van der Waals surface area contributed by atoms with E-state index in [0.29, 0.717) is 11.4 Å². The van der Waals surface area contributed by atoms with E-state index in [4.69, 9.17) is 0 Å². The third-order valence-corrected chi connectivity index (χ3v) is 3.86. The van der Waals surface area contributed by atoms with Crippen LogP contribution in [0.5, 0.6) is 0 Å². The van der Waals surface area contributed by atoms with Gasteiger partial charge in [-0.25, -0.2) is 13.1 Å². The van der Waals surface area contributed by atoms with Gasteiger partial charge in [-0.3, -0.25) is 5.10 Å². The Labute approximate surface area is 108 Å². The number of hydrogen-bond acceptors (Lipinski definition) is 4. The second-order valence-corrected chi connectivity index (χ2v) is 5.53. The predicted molar refractivity (Wildman–Crippen MR) is 60.1 cm³/mol. The van der Waals surface area contributed by atoms with E-state index in [9.17, 15) is 21.6 Å². The highest BCUT2D eigenvalue weighted by molar-refractivity contribution is 7.89. The number of aromatic nitrogens is 2. The molecule has 0 aromatic carbocycles. The molecule has 0 saturated heterocycles. The normalized spacial score (nSPS) is 12.9. The number of halogens is 3. The first kappa shape index (κ1) is 15.9. The van der Waals surface area contributed by atoms with Crippen molar-refractivity contribution in [1.29, 1.82) is 0 Å². The van der Waals surface area contributed by atoms with Crippen molar-refractivity contribution in [2.24, 2.45) is 0 Å². The van der Waals surface area contributed by atoms with Gasteiger partial charge in [-0.2, -0.15) is 18.3 Å². The van der Waals surface area contributed by atoms with Gasteiger partial charge in [0.15, 0.2) is 0 Å². The van der Waals surface area contributed by atoms with Crippen molar-refractivity contribution in [3.8, 4) is 0 Å². The zero-order valence-electron chi connectivity index (χ0n) is 10.3. The van der Waals surface area contributed by atoms with E-state index in [-0.39, 0.29) is 18.0 Å². The second kappa shape index (κ2) is 5.88. The molecule has 0 aliphatic carbocycles. The molecule has 0 unspecified atom stereocenters. The Morgan fingerprint density at radius 1 is 1.37 bits per heavy atom. The average molecular weight is 301 g/mol. The van der Waals surface area contributed by atoms with E-state index in [1.54, 1.807) is 0 Å². The van der Waals surface area contributed by atoms with Gasteiger partial charge in [-0.15, -0.1) is 0 Å². The third kappa shape index (κ3) is 4.80. The molecule has 0 atom stereocenters. The van der Waals surface area contributed by atoms with Crippen LogP contribution in [0.3, 0.4) is 0 Å². The van der Waals surface area contributed by atoms with Crippen LogP contribution in [0.4, 0.5) is 13.2 Å². The number of hydrogen-bond donors (Lipinski definition) is 2. The van der Waals surface area contributed by atoms with Crippen molar-refractivity contribution in [2.45, 2.75) is 24.9 Å². The molecule has 0 aliphatic heterocycles. The largest absolute Gasteiger partial charge is 0.411 e. The fourth-order valence-corrected chi connectivity index (χ4v) is 2.82. The highest BCUT2D eigenvalue weighted by Crippen LogP contribution is 2.16. The van der Waals surface area contributed by atoms with Gasteiger partial charge in [0.2, 0.25) is 10.0 Å². The fraction of sp³-hybridized carbons (Fsp3) is 0.667. The van der Waals surface area contributed by atoms with Crippen LogP contribution in [0, 0.1) is 13.8 Å². The van der Waals surface area contributed by atoms with Gasteiger partial charge in [-0.05, 0) is 13.8 Å². The van der Waals surface area contributed by atoms with Crippen LogP contribution < -0.4 is 4.72 Å². The fourth-order valence-electron chi connectivity index (χ4n) is 1.44. The summed E-state index contributed by atoms with van der Waals surface area (Å²) in [5.41, 5.74) is 0.655. The van der Waals surface area contributed by atoms with Crippen molar-refractivity contribution in [2.75, 3.05) is 19.8 Å². The monoisotopic (exact) mass is 301 g/mol. The molecule has 2 N–H and O–H groups in total. The number of H-pyrrole nitrogens is 1. The third-order valence-electron chi connectivity index (χ3n) is 2.13. The molecule has 1 aromatic rings. The molecular formula is C9H14F3N3O3S. The minimum absolute atomic E-state index is 0.00308. The van der Waals surface area contributed by atoms with Gasteiger partial charge < -0.3 is 4.74 Å². The second-order valence-electron chi connectivity index (χ2n) is 3.83. The Kier molecular flexibility index (Phi) is 4.93. The number of aryl methyl sites for hydroxylation is 2. The number of rotatable bonds is 6. The van der Waals surface area contributed by atoms with Crippen LogP contribution >= 0.6 is 0 Å². The molecule has 0 amide bonds. The minimum atomic E-state index is -4.42. The van der Waals surface area contributed by atoms with E-state index in [2.05, 4.69) is 19.7 Å². The van der Waals surface area contributed by atoms with Crippen molar-refractivity contribution in [1.82, 2.24) is 14.9 Å². The SMILES string of the molecule is Cc1n[nH]c(C)c1S(=O)(=O)NCCOCC(F)(F)F. The summed E-state index contributed by atoms with van der Waals surface area (Å²) in [4.78, 5) is 0.00308. The highest BCUT2D eigenvalue weighted by Gasteiger charge is 2.27. The Balaban J connectivity index is 2.49. The minimum Gasteiger partial charge on any atom is -0.371 e. The van der Waals surface area contributed by atoms with E-state index in [1.165, 1.54) is 13.8 Å². The molecule has 0 saturated carbocycles. The lowest BCUT2D eigenvalue weighted by atomic mass is 10.4. The maximum absolute atomic E-state index is 11.8. The van der Waals surface area contributed by atoms with Crippen molar-refractivity contribution in [3.63, 3.8) is 0 Å². The summed E-state index contributed by atoms with van der Waals surface area (Å²) in [7, 11) is -3.80. The lowest BCUT2D eigenvalue weighted by Crippen LogP contribution is -2.29. The molecule has 0 radical (unpaired) electrons. The van der Waals surface area contributed by atoms with Gasteiger partial charge >= 0.3 is 6.18 Å². The van der Waals surface area contributed by atoms with Crippen LogP contribution in [0.1, 0.15) is 11.4 Å².